The topological polar surface area (TPSA) is 3.24 Å². The summed E-state index contributed by atoms with van der Waals surface area (Å²) in [4.78, 5) is 2.51. The minimum Gasteiger partial charge on any atom is -0.309 e. The molecule has 2 heteroatoms. The minimum absolute atomic E-state index is 0.0377. The van der Waals surface area contributed by atoms with Crippen LogP contribution in [-0.4, -0.2) is 0 Å². The van der Waals surface area contributed by atoms with E-state index in [9.17, 15) is 0 Å². The predicted octanol–water partition coefficient (Wildman–Crippen LogP) is 15.5. The predicted molar refractivity (Wildman–Crippen MR) is 240 cm³/mol. The van der Waals surface area contributed by atoms with Gasteiger partial charge in [-0.1, -0.05) is 161 Å². The van der Waals surface area contributed by atoms with Gasteiger partial charge in [-0.15, -0.1) is 11.3 Å². The van der Waals surface area contributed by atoms with Gasteiger partial charge in [0.25, 0.3) is 0 Å². The lowest BCUT2D eigenvalue weighted by molar-refractivity contribution is 0.660. The third-order valence-electron chi connectivity index (χ3n) is 12.7. The number of nitrogens with zero attached hydrogens (tertiary/aromatic N) is 1. The van der Waals surface area contributed by atoms with Crippen LogP contribution in [0, 0.1) is 0 Å². The van der Waals surface area contributed by atoms with E-state index >= 15 is 0 Å². The van der Waals surface area contributed by atoms with Crippen molar-refractivity contribution in [1.29, 1.82) is 0 Å². The van der Waals surface area contributed by atoms with Gasteiger partial charge in [-0.05, 0) is 98.1 Å². The molecular formula is C54H41NS. The molecule has 1 aromatic heterocycles. The Kier molecular flexibility index (Phi) is 7.18. The normalized spacial score (nSPS) is 14.4. The molecule has 2 aliphatic rings. The lowest BCUT2D eigenvalue weighted by Crippen LogP contribution is -2.16. The Morgan fingerprint density at radius 1 is 0.375 bits per heavy atom. The first-order chi connectivity index (χ1) is 27.3. The maximum atomic E-state index is 2.51. The average molecular weight is 736 g/mol. The lowest BCUT2D eigenvalue weighted by Gasteiger charge is -2.31. The van der Waals surface area contributed by atoms with Crippen LogP contribution in [0.15, 0.2) is 176 Å². The number of benzene rings is 8. The number of rotatable bonds is 5. The second-order valence-electron chi connectivity index (χ2n) is 16.5. The highest BCUT2D eigenvalue weighted by molar-refractivity contribution is 7.25. The van der Waals surface area contributed by atoms with Gasteiger partial charge in [-0.3, -0.25) is 0 Å². The van der Waals surface area contributed by atoms with Crippen molar-refractivity contribution in [3.8, 4) is 44.5 Å². The molecule has 0 N–H and O–H groups in total. The molecule has 9 aromatic rings. The van der Waals surface area contributed by atoms with Crippen molar-refractivity contribution in [2.75, 3.05) is 4.90 Å². The van der Waals surface area contributed by atoms with Crippen LogP contribution >= 0.6 is 11.3 Å². The van der Waals surface area contributed by atoms with Gasteiger partial charge in [0.2, 0.25) is 0 Å². The molecule has 1 heterocycles. The number of para-hydroxylation sites is 1. The van der Waals surface area contributed by atoms with Crippen molar-refractivity contribution >= 4 is 48.6 Å². The van der Waals surface area contributed by atoms with Crippen molar-refractivity contribution in [3.63, 3.8) is 0 Å². The number of hydrogen-bond acceptors (Lipinski definition) is 2. The fraction of sp³-hybridized carbons (Fsp3) is 0.111. The van der Waals surface area contributed by atoms with E-state index in [1.54, 1.807) is 0 Å². The number of thiophene rings is 1. The average Bonchev–Trinajstić information content (AvgIpc) is 3.81. The van der Waals surface area contributed by atoms with Gasteiger partial charge >= 0.3 is 0 Å². The zero-order chi connectivity index (χ0) is 37.8. The van der Waals surface area contributed by atoms with Crippen molar-refractivity contribution < 1.29 is 0 Å². The maximum absolute atomic E-state index is 2.51. The fourth-order valence-corrected chi connectivity index (χ4v) is 11.0. The summed E-state index contributed by atoms with van der Waals surface area (Å²) >= 11 is 1.87. The molecule has 0 unspecified atom stereocenters. The summed E-state index contributed by atoms with van der Waals surface area (Å²) in [7, 11) is 0. The zero-order valence-electron chi connectivity index (χ0n) is 32.1. The van der Waals surface area contributed by atoms with E-state index in [0.717, 1.165) is 11.4 Å². The number of hydrogen-bond donors (Lipinski definition) is 0. The molecule has 0 radical (unpaired) electrons. The third-order valence-corrected chi connectivity index (χ3v) is 13.8. The molecule has 268 valence electrons. The standard InChI is InChI=1S/C54H41NS/c1-53(2)44-18-9-5-15-39(44)43-32-36(27-31-46(43)53)38-14-7-11-21-48(38)55(49-22-13-20-47-52(49)42-17-6-10-19-45(42)54(47,3)4)37-28-24-34(25-29-37)35-26-30-41-40-16-8-12-23-50(40)56-51(41)33-35/h5-33H,1-4H3. The van der Waals surface area contributed by atoms with E-state index in [2.05, 4.69) is 209 Å². The van der Waals surface area contributed by atoms with Crippen LogP contribution in [0.1, 0.15) is 49.9 Å². The van der Waals surface area contributed by atoms with Crippen LogP contribution in [0.5, 0.6) is 0 Å². The Labute approximate surface area is 333 Å². The highest BCUT2D eigenvalue weighted by atomic mass is 32.1. The molecule has 0 aliphatic heterocycles. The Bertz CT molecular complexity index is 3030. The molecule has 0 amide bonds. The number of fused-ring (bicyclic) bond motifs is 9. The molecule has 2 aliphatic carbocycles. The second-order valence-corrected chi connectivity index (χ2v) is 17.6. The summed E-state index contributed by atoms with van der Waals surface area (Å²) in [5, 5.41) is 2.66. The molecule has 8 aromatic carbocycles. The summed E-state index contributed by atoms with van der Waals surface area (Å²) in [6.07, 6.45) is 0. The summed E-state index contributed by atoms with van der Waals surface area (Å²) in [6, 6.07) is 65.8. The van der Waals surface area contributed by atoms with Crippen LogP contribution in [-0.2, 0) is 10.8 Å². The Hall–Kier alpha value is -6.22. The fourth-order valence-electron chi connectivity index (χ4n) is 9.84. The van der Waals surface area contributed by atoms with Gasteiger partial charge in [0.1, 0.15) is 0 Å². The monoisotopic (exact) mass is 735 g/mol. The van der Waals surface area contributed by atoms with E-state index in [1.807, 2.05) is 11.3 Å². The van der Waals surface area contributed by atoms with Crippen molar-refractivity contribution in [2.45, 2.75) is 38.5 Å². The molecular weight excluding hydrogens is 695 g/mol. The Morgan fingerprint density at radius 3 is 1.77 bits per heavy atom. The smallest absolute Gasteiger partial charge is 0.0543 e. The van der Waals surface area contributed by atoms with Gasteiger partial charge in [-0.25, -0.2) is 0 Å². The van der Waals surface area contributed by atoms with Crippen LogP contribution < -0.4 is 4.90 Å². The molecule has 0 atom stereocenters. The first-order valence-corrected chi connectivity index (χ1v) is 20.5. The minimum atomic E-state index is -0.109. The quantitative estimate of drug-likeness (QED) is 0.170. The van der Waals surface area contributed by atoms with Crippen molar-refractivity contribution in [3.05, 3.63) is 198 Å². The van der Waals surface area contributed by atoms with E-state index in [4.69, 9.17) is 0 Å². The molecule has 0 saturated carbocycles. The molecule has 1 nitrogen and oxygen atoms in total. The van der Waals surface area contributed by atoms with Crippen LogP contribution in [0.4, 0.5) is 17.1 Å². The SMILES string of the molecule is CC1(C)c2ccccc2-c2cc(-c3ccccc3N(c3ccc(-c4ccc5c(c4)sc4ccccc45)cc3)c3cccc4c3-c3ccccc3C4(C)C)ccc21. The van der Waals surface area contributed by atoms with Crippen molar-refractivity contribution in [2.24, 2.45) is 0 Å². The highest BCUT2D eigenvalue weighted by Gasteiger charge is 2.38. The van der Waals surface area contributed by atoms with E-state index in [1.165, 1.54) is 92.6 Å². The molecule has 11 rings (SSSR count). The van der Waals surface area contributed by atoms with Crippen LogP contribution in [0.25, 0.3) is 64.7 Å². The maximum Gasteiger partial charge on any atom is 0.0543 e. The van der Waals surface area contributed by atoms with Crippen molar-refractivity contribution in [1.82, 2.24) is 0 Å². The summed E-state index contributed by atoms with van der Waals surface area (Å²) < 4.78 is 2.66. The summed E-state index contributed by atoms with van der Waals surface area (Å²) in [6.45, 7) is 9.44. The van der Waals surface area contributed by atoms with Gasteiger partial charge in [-0.2, -0.15) is 0 Å². The molecule has 0 spiro atoms. The lowest BCUT2D eigenvalue weighted by atomic mass is 9.82. The summed E-state index contributed by atoms with van der Waals surface area (Å²) in [5.74, 6) is 0. The molecule has 0 saturated heterocycles. The van der Waals surface area contributed by atoms with E-state index in [-0.39, 0.29) is 10.8 Å². The third kappa shape index (κ3) is 4.79. The number of anilines is 3. The Balaban J connectivity index is 1.10. The first-order valence-electron chi connectivity index (χ1n) is 19.7. The second kappa shape index (κ2) is 12.1. The van der Waals surface area contributed by atoms with Gasteiger partial charge in [0.05, 0.1) is 11.4 Å². The molecule has 56 heavy (non-hydrogen) atoms. The summed E-state index contributed by atoms with van der Waals surface area (Å²) in [5.41, 5.74) is 19.1. The zero-order valence-corrected chi connectivity index (χ0v) is 32.9. The Morgan fingerprint density at radius 2 is 0.946 bits per heavy atom. The van der Waals surface area contributed by atoms with Gasteiger partial charge < -0.3 is 4.90 Å². The van der Waals surface area contributed by atoms with Gasteiger partial charge in [0, 0.05) is 47.8 Å². The first kappa shape index (κ1) is 33.1. The van der Waals surface area contributed by atoms with Crippen LogP contribution in [0.2, 0.25) is 0 Å². The highest BCUT2D eigenvalue weighted by Crippen LogP contribution is 2.56. The largest absolute Gasteiger partial charge is 0.309 e. The van der Waals surface area contributed by atoms with E-state index in [0.29, 0.717) is 0 Å². The van der Waals surface area contributed by atoms with Crippen LogP contribution in [0.3, 0.4) is 0 Å². The van der Waals surface area contributed by atoms with E-state index < -0.39 is 0 Å². The molecule has 0 fully saturated rings. The molecule has 0 bridgehead atoms. The van der Waals surface area contributed by atoms with Gasteiger partial charge in [0.15, 0.2) is 0 Å².